The van der Waals surface area contributed by atoms with E-state index in [2.05, 4.69) is 20.8 Å². The van der Waals surface area contributed by atoms with Crippen molar-refractivity contribution in [3.05, 3.63) is 29.8 Å². The molecule has 1 aromatic rings. The van der Waals surface area contributed by atoms with E-state index in [1.807, 2.05) is 24.3 Å². The van der Waals surface area contributed by atoms with E-state index in [4.69, 9.17) is 9.84 Å². The number of para-hydroxylation sites is 1. The first-order valence-electron chi connectivity index (χ1n) is 5.66. The number of hydrogen-bond acceptors (Lipinski definition) is 2. The van der Waals surface area contributed by atoms with Crippen molar-refractivity contribution in [2.75, 3.05) is 0 Å². The van der Waals surface area contributed by atoms with Crippen molar-refractivity contribution in [3.63, 3.8) is 0 Å². The van der Waals surface area contributed by atoms with E-state index < -0.39 is 11.6 Å². The third kappa shape index (κ3) is 3.22. The molecule has 1 aromatic carbocycles. The summed E-state index contributed by atoms with van der Waals surface area (Å²) in [7, 11) is 0. The maximum Gasteiger partial charge on any atom is 0.347 e. The summed E-state index contributed by atoms with van der Waals surface area (Å²) >= 11 is 0. The summed E-state index contributed by atoms with van der Waals surface area (Å²) in [4.78, 5) is 11.1. The van der Waals surface area contributed by atoms with Crippen LogP contribution in [0.25, 0.3) is 0 Å². The average Bonchev–Trinajstić information content (AvgIpc) is 2.15. The zero-order chi connectivity index (χ0) is 13.3. The minimum atomic E-state index is -1.22. The Hall–Kier alpha value is -1.51. The van der Waals surface area contributed by atoms with Crippen LogP contribution in [0, 0.1) is 0 Å². The summed E-state index contributed by atoms with van der Waals surface area (Å²) in [6, 6.07) is 7.56. The second-order valence-electron chi connectivity index (χ2n) is 5.66. The lowest BCUT2D eigenvalue weighted by molar-refractivity contribution is -0.152. The normalized spacial score (nSPS) is 12.3. The summed E-state index contributed by atoms with van der Waals surface area (Å²) in [5.41, 5.74) is -0.290. The Morgan fingerprint density at radius 2 is 1.65 bits per heavy atom. The van der Waals surface area contributed by atoms with Gasteiger partial charge in [-0.25, -0.2) is 4.79 Å². The van der Waals surface area contributed by atoms with Crippen LogP contribution in [0.2, 0.25) is 0 Å². The van der Waals surface area contributed by atoms with Gasteiger partial charge in [-0.2, -0.15) is 0 Å². The van der Waals surface area contributed by atoms with Crippen molar-refractivity contribution in [3.8, 4) is 5.75 Å². The third-order valence-corrected chi connectivity index (χ3v) is 2.58. The molecule has 94 valence electrons. The number of carbonyl (C=O) groups is 1. The second kappa shape index (κ2) is 4.40. The van der Waals surface area contributed by atoms with Gasteiger partial charge in [-0.3, -0.25) is 0 Å². The molecule has 0 saturated heterocycles. The van der Waals surface area contributed by atoms with E-state index in [9.17, 15) is 4.79 Å². The number of aliphatic carboxylic acids is 1. The summed E-state index contributed by atoms with van der Waals surface area (Å²) in [5.74, 6) is -0.339. The predicted octanol–water partition coefficient (Wildman–Crippen LogP) is 3.23. The zero-order valence-corrected chi connectivity index (χ0v) is 11.1. The van der Waals surface area contributed by atoms with Gasteiger partial charge in [-0.05, 0) is 30.9 Å². The first kappa shape index (κ1) is 13.6. The molecule has 1 N–H and O–H groups in total. The molecule has 0 spiro atoms. The van der Waals surface area contributed by atoms with E-state index in [0.29, 0.717) is 5.75 Å². The Morgan fingerprint density at radius 3 is 2.12 bits per heavy atom. The van der Waals surface area contributed by atoms with E-state index in [1.165, 1.54) is 0 Å². The summed E-state index contributed by atoms with van der Waals surface area (Å²) in [5, 5.41) is 9.07. The van der Waals surface area contributed by atoms with Gasteiger partial charge in [-0.15, -0.1) is 0 Å². The molecule has 0 aliphatic heterocycles. The molecule has 1 rings (SSSR count). The fraction of sp³-hybridized carbons (Fsp3) is 0.500. The van der Waals surface area contributed by atoms with Crippen LogP contribution >= 0.6 is 0 Å². The molecule has 0 fully saturated rings. The van der Waals surface area contributed by atoms with Crippen molar-refractivity contribution >= 4 is 5.97 Å². The Kier molecular flexibility index (Phi) is 3.51. The predicted molar refractivity (Wildman–Crippen MR) is 67.5 cm³/mol. The first-order valence-corrected chi connectivity index (χ1v) is 5.66. The number of benzene rings is 1. The molecule has 0 aliphatic rings. The lowest BCUT2D eigenvalue weighted by Crippen LogP contribution is -2.38. The van der Waals surface area contributed by atoms with Crippen molar-refractivity contribution in [2.24, 2.45) is 0 Å². The Bertz CT molecular complexity index is 414. The second-order valence-corrected chi connectivity index (χ2v) is 5.66. The molecule has 0 heterocycles. The van der Waals surface area contributed by atoms with Gasteiger partial charge in [-0.1, -0.05) is 39.0 Å². The fourth-order valence-corrected chi connectivity index (χ4v) is 1.49. The molecule has 17 heavy (non-hydrogen) atoms. The minimum Gasteiger partial charge on any atom is -0.478 e. The molecule has 0 atom stereocenters. The highest BCUT2D eigenvalue weighted by atomic mass is 16.5. The van der Waals surface area contributed by atoms with Crippen LogP contribution in [0.15, 0.2) is 24.3 Å². The molecule has 0 amide bonds. The van der Waals surface area contributed by atoms with Gasteiger partial charge in [0.25, 0.3) is 0 Å². The summed E-state index contributed by atoms with van der Waals surface area (Å²) in [6.07, 6.45) is 0. The van der Waals surface area contributed by atoms with E-state index >= 15 is 0 Å². The van der Waals surface area contributed by atoms with Crippen molar-refractivity contribution in [2.45, 2.75) is 45.6 Å². The molecule has 3 nitrogen and oxygen atoms in total. The number of rotatable bonds is 3. The third-order valence-electron chi connectivity index (χ3n) is 2.58. The number of carboxylic acid groups (broad SMARTS) is 1. The van der Waals surface area contributed by atoms with Gasteiger partial charge in [0.05, 0.1) is 0 Å². The fourth-order valence-electron chi connectivity index (χ4n) is 1.49. The average molecular weight is 236 g/mol. The number of carboxylic acids is 1. The standard InChI is InChI=1S/C14H20O3/c1-13(2,3)10-8-6-7-9-11(10)17-14(4,5)12(15)16/h6-9H,1-5H3,(H,15,16). The molecular weight excluding hydrogens is 216 g/mol. The topological polar surface area (TPSA) is 46.5 Å². The highest BCUT2D eigenvalue weighted by Crippen LogP contribution is 2.33. The van der Waals surface area contributed by atoms with E-state index in [-0.39, 0.29) is 5.41 Å². The zero-order valence-electron chi connectivity index (χ0n) is 11.1. The molecule has 3 heteroatoms. The van der Waals surface area contributed by atoms with Gasteiger partial charge in [0.1, 0.15) is 5.75 Å². The Labute approximate surface area is 102 Å². The van der Waals surface area contributed by atoms with E-state index in [0.717, 1.165) is 5.56 Å². The maximum atomic E-state index is 11.1. The molecule has 0 bridgehead atoms. The Morgan fingerprint density at radius 1 is 1.12 bits per heavy atom. The molecule has 0 aromatic heterocycles. The van der Waals surface area contributed by atoms with Gasteiger partial charge < -0.3 is 9.84 Å². The summed E-state index contributed by atoms with van der Waals surface area (Å²) in [6.45, 7) is 9.32. The molecule has 0 radical (unpaired) electrons. The molecule has 0 saturated carbocycles. The maximum absolute atomic E-state index is 11.1. The first-order chi connectivity index (χ1) is 7.64. The van der Waals surface area contributed by atoms with Gasteiger partial charge >= 0.3 is 5.97 Å². The van der Waals surface area contributed by atoms with Crippen LogP contribution in [0.5, 0.6) is 5.75 Å². The lowest BCUT2D eigenvalue weighted by atomic mass is 9.86. The van der Waals surface area contributed by atoms with Gasteiger partial charge in [0.2, 0.25) is 0 Å². The molecule has 0 unspecified atom stereocenters. The SMILES string of the molecule is CC(C)(Oc1ccccc1C(C)(C)C)C(=O)O. The van der Waals surface area contributed by atoms with Crippen LogP contribution in [-0.4, -0.2) is 16.7 Å². The highest BCUT2D eigenvalue weighted by Gasteiger charge is 2.31. The van der Waals surface area contributed by atoms with Crippen LogP contribution in [0.1, 0.15) is 40.2 Å². The molecular formula is C14H20O3. The highest BCUT2D eigenvalue weighted by molar-refractivity contribution is 5.76. The van der Waals surface area contributed by atoms with Crippen LogP contribution in [0.3, 0.4) is 0 Å². The van der Waals surface area contributed by atoms with Crippen molar-refractivity contribution in [1.29, 1.82) is 0 Å². The number of hydrogen-bond donors (Lipinski definition) is 1. The van der Waals surface area contributed by atoms with Crippen LogP contribution < -0.4 is 4.74 Å². The Balaban J connectivity index is 3.12. The molecule has 0 aliphatic carbocycles. The number of ether oxygens (including phenoxy) is 1. The lowest BCUT2D eigenvalue weighted by Gasteiger charge is -2.27. The monoisotopic (exact) mass is 236 g/mol. The van der Waals surface area contributed by atoms with Crippen LogP contribution in [0.4, 0.5) is 0 Å². The van der Waals surface area contributed by atoms with Crippen molar-refractivity contribution in [1.82, 2.24) is 0 Å². The smallest absolute Gasteiger partial charge is 0.347 e. The van der Waals surface area contributed by atoms with Crippen molar-refractivity contribution < 1.29 is 14.6 Å². The largest absolute Gasteiger partial charge is 0.478 e. The van der Waals surface area contributed by atoms with E-state index in [1.54, 1.807) is 13.8 Å². The quantitative estimate of drug-likeness (QED) is 0.876. The van der Waals surface area contributed by atoms with Crippen LogP contribution in [-0.2, 0) is 10.2 Å². The minimum absolute atomic E-state index is 0.0782. The summed E-state index contributed by atoms with van der Waals surface area (Å²) < 4.78 is 5.62. The van der Waals surface area contributed by atoms with Gasteiger partial charge in [0.15, 0.2) is 5.60 Å². The van der Waals surface area contributed by atoms with Gasteiger partial charge in [0, 0.05) is 0 Å².